The molecule has 25 heavy (non-hydrogen) atoms. The molecule has 0 saturated heterocycles. The van der Waals surface area contributed by atoms with Crippen molar-refractivity contribution >= 4 is 21.4 Å². The van der Waals surface area contributed by atoms with Gasteiger partial charge < -0.3 is 4.52 Å². The number of primary sulfonamides is 1. The maximum atomic E-state index is 13.0. The van der Waals surface area contributed by atoms with Crippen LogP contribution in [-0.4, -0.2) is 29.5 Å². The highest BCUT2D eigenvalue weighted by Gasteiger charge is 2.63. The Bertz CT molecular complexity index is 930. The first-order chi connectivity index (χ1) is 11.5. The largest absolute Gasteiger partial charge is 0.339 e. The molecule has 2 N–H and O–H groups in total. The van der Waals surface area contributed by atoms with Crippen molar-refractivity contribution in [2.45, 2.75) is 54.6 Å². The maximum Gasteiger partial charge on any atom is 0.249 e. The summed E-state index contributed by atoms with van der Waals surface area (Å²) in [7, 11) is -3.79. The van der Waals surface area contributed by atoms with Crippen molar-refractivity contribution in [1.29, 1.82) is 0 Å². The van der Waals surface area contributed by atoms with E-state index in [9.17, 15) is 17.2 Å². The molecule has 0 radical (unpaired) electrons. The lowest BCUT2D eigenvalue weighted by molar-refractivity contribution is -0.0888. The molecule has 2 saturated carbocycles. The number of sulfonamides is 1. The van der Waals surface area contributed by atoms with Gasteiger partial charge in [-0.15, -0.1) is 11.3 Å². The molecule has 0 bridgehead atoms. The van der Waals surface area contributed by atoms with Crippen LogP contribution in [0.5, 0.6) is 0 Å². The summed E-state index contributed by atoms with van der Waals surface area (Å²) in [5.74, 6) is -2.53. The van der Waals surface area contributed by atoms with E-state index >= 15 is 0 Å². The first-order valence-electron chi connectivity index (χ1n) is 7.69. The van der Waals surface area contributed by atoms with Crippen LogP contribution in [0.3, 0.4) is 0 Å². The summed E-state index contributed by atoms with van der Waals surface area (Å²) in [6.45, 7) is 3.98. The Morgan fingerprint density at radius 1 is 1.32 bits per heavy atom. The normalized spacial score (nSPS) is 27.9. The Kier molecular flexibility index (Phi) is 3.42. The Balaban J connectivity index is 1.56. The van der Waals surface area contributed by atoms with Gasteiger partial charge in [-0.25, -0.2) is 27.3 Å². The summed E-state index contributed by atoms with van der Waals surface area (Å²) >= 11 is 1.03. The Hall–Kier alpha value is -1.46. The van der Waals surface area contributed by atoms with E-state index in [0.29, 0.717) is 16.7 Å². The Morgan fingerprint density at radius 2 is 2.00 bits per heavy atom. The molecule has 0 unspecified atom stereocenters. The molecule has 2 aromatic rings. The third-order valence-electron chi connectivity index (χ3n) is 5.05. The topological polar surface area (TPSA) is 112 Å². The van der Waals surface area contributed by atoms with Crippen LogP contribution in [0.25, 0.3) is 0 Å². The second-order valence-corrected chi connectivity index (χ2v) is 10.1. The number of rotatable bonds is 4. The SMILES string of the molecule is CC1(C)[C@@H](c2nc(C3CC(F)(F)C3)no2)[C@@H]1c1ncc(S(N)(=O)=O)s1. The van der Waals surface area contributed by atoms with Gasteiger partial charge in [-0.05, 0) is 5.41 Å². The van der Waals surface area contributed by atoms with Gasteiger partial charge in [0.2, 0.25) is 21.8 Å². The molecule has 0 spiro atoms. The van der Waals surface area contributed by atoms with Crippen molar-refractivity contribution in [3.8, 4) is 0 Å². The second kappa shape index (κ2) is 5.04. The van der Waals surface area contributed by atoms with Gasteiger partial charge in [-0.1, -0.05) is 19.0 Å². The highest BCUT2D eigenvalue weighted by atomic mass is 32.2. The van der Waals surface area contributed by atoms with Crippen molar-refractivity contribution in [2.24, 2.45) is 10.6 Å². The fraction of sp³-hybridized carbons (Fsp3) is 0.643. The van der Waals surface area contributed by atoms with Crippen LogP contribution in [0.4, 0.5) is 8.78 Å². The molecule has 2 aliphatic rings. The van der Waals surface area contributed by atoms with Crippen molar-refractivity contribution < 1.29 is 21.7 Å². The number of hydrogen-bond donors (Lipinski definition) is 1. The molecule has 2 fully saturated rings. The van der Waals surface area contributed by atoms with Crippen molar-refractivity contribution in [1.82, 2.24) is 15.1 Å². The molecule has 136 valence electrons. The van der Waals surface area contributed by atoms with Gasteiger partial charge in [0.15, 0.2) is 10.0 Å². The van der Waals surface area contributed by atoms with E-state index in [0.717, 1.165) is 11.3 Å². The van der Waals surface area contributed by atoms with Crippen molar-refractivity contribution in [3.63, 3.8) is 0 Å². The summed E-state index contributed by atoms with van der Waals surface area (Å²) in [6, 6.07) is 0. The highest BCUT2D eigenvalue weighted by Crippen LogP contribution is 2.70. The molecule has 2 aliphatic carbocycles. The van der Waals surface area contributed by atoms with Gasteiger partial charge in [0, 0.05) is 24.7 Å². The molecule has 0 aromatic carbocycles. The number of nitrogens with zero attached hydrogens (tertiary/aromatic N) is 3. The number of alkyl halides is 2. The standard InChI is InChI=1S/C14H16F2N4O3S2/c1-13(2)8(9(13)12-18-5-7(24-12)25(17,21)22)11-19-10(20-23-11)6-3-14(15,16)4-6/h5-6,8-9H,3-4H2,1-2H3,(H2,17,21,22)/t8-,9-/m1/s1. The van der Waals surface area contributed by atoms with Crippen LogP contribution in [-0.2, 0) is 10.0 Å². The van der Waals surface area contributed by atoms with E-state index in [1.165, 1.54) is 6.20 Å². The van der Waals surface area contributed by atoms with Crippen LogP contribution < -0.4 is 5.14 Å². The summed E-state index contributed by atoms with van der Waals surface area (Å²) in [6.07, 6.45) is 0.734. The quantitative estimate of drug-likeness (QED) is 0.859. The lowest BCUT2D eigenvalue weighted by Crippen LogP contribution is -2.34. The third-order valence-corrected chi connectivity index (χ3v) is 7.54. The predicted octanol–water partition coefficient (Wildman–Crippen LogP) is 2.59. The molecule has 0 amide bonds. The number of nitrogens with two attached hydrogens (primary N) is 1. The Labute approximate surface area is 146 Å². The lowest BCUT2D eigenvalue weighted by Gasteiger charge is -2.32. The smallest absolute Gasteiger partial charge is 0.249 e. The zero-order valence-corrected chi connectivity index (χ0v) is 15.1. The van der Waals surface area contributed by atoms with Gasteiger partial charge in [0.25, 0.3) is 0 Å². The number of hydrogen-bond acceptors (Lipinski definition) is 7. The maximum absolute atomic E-state index is 13.0. The molecule has 2 aromatic heterocycles. The van der Waals surface area contributed by atoms with E-state index in [2.05, 4.69) is 15.1 Å². The Morgan fingerprint density at radius 3 is 2.56 bits per heavy atom. The van der Waals surface area contributed by atoms with E-state index in [1.807, 2.05) is 13.8 Å². The summed E-state index contributed by atoms with van der Waals surface area (Å²) in [5.41, 5.74) is -0.249. The minimum Gasteiger partial charge on any atom is -0.339 e. The fourth-order valence-electron chi connectivity index (χ4n) is 3.49. The average molecular weight is 390 g/mol. The number of thiazole rings is 1. The van der Waals surface area contributed by atoms with Crippen LogP contribution in [0.2, 0.25) is 0 Å². The molecule has 7 nitrogen and oxygen atoms in total. The molecular formula is C14H16F2N4O3S2. The average Bonchev–Trinajstić information content (AvgIpc) is 2.93. The van der Waals surface area contributed by atoms with Gasteiger partial charge in [0.1, 0.15) is 0 Å². The van der Waals surface area contributed by atoms with E-state index in [4.69, 9.17) is 9.66 Å². The molecule has 0 aliphatic heterocycles. The molecule has 11 heteroatoms. The van der Waals surface area contributed by atoms with Gasteiger partial charge >= 0.3 is 0 Å². The zero-order chi connectivity index (χ0) is 18.2. The van der Waals surface area contributed by atoms with Gasteiger partial charge in [-0.3, -0.25) is 0 Å². The third kappa shape index (κ3) is 2.77. The summed E-state index contributed by atoms with van der Waals surface area (Å²) in [4.78, 5) is 8.48. The minimum absolute atomic E-state index is 0.00636. The summed E-state index contributed by atoms with van der Waals surface area (Å²) in [5, 5.41) is 9.61. The molecule has 4 rings (SSSR count). The lowest BCUT2D eigenvalue weighted by atomic mass is 9.81. The number of halogens is 2. The fourth-order valence-corrected chi connectivity index (χ4v) is 5.39. The van der Waals surface area contributed by atoms with Crippen LogP contribution in [0.1, 0.15) is 61.2 Å². The zero-order valence-electron chi connectivity index (χ0n) is 13.4. The molecular weight excluding hydrogens is 374 g/mol. The van der Waals surface area contributed by atoms with Crippen molar-refractivity contribution in [2.75, 3.05) is 0 Å². The minimum atomic E-state index is -3.79. The van der Waals surface area contributed by atoms with Crippen molar-refractivity contribution in [3.05, 3.63) is 22.9 Å². The van der Waals surface area contributed by atoms with E-state index in [1.54, 1.807) is 0 Å². The highest BCUT2D eigenvalue weighted by molar-refractivity contribution is 7.91. The molecule has 2 atom stereocenters. The monoisotopic (exact) mass is 390 g/mol. The van der Waals surface area contributed by atoms with Gasteiger partial charge in [-0.2, -0.15) is 4.98 Å². The first kappa shape index (κ1) is 17.0. The van der Waals surface area contributed by atoms with Crippen LogP contribution in [0, 0.1) is 5.41 Å². The predicted molar refractivity (Wildman–Crippen MR) is 84.0 cm³/mol. The van der Waals surface area contributed by atoms with Crippen LogP contribution >= 0.6 is 11.3 Å². The first-order valence-corrected chi connectivity index (χ1v) is 10.1. The number of aromatic nitrogens is 3. The van der Waals surface area contributed by atoms with E-state index in [-0.39, 0.29) is 40.2 Å². The molecule has 2 heterocycles. The summed E-state index contributed by atoms with van der Waals surface area (Å²) < 4.78 is 54.2. The van der Waals surface area contributed by atoms with Crippen LogP contribution in [0.15, 0.2) is 14.9 Å². The van der Waals surface area contributed by atoms with E-state index < -0.39 is 15.9 Å². The second-order valence-electron chi connectivity index (χ2n) is 7.29. The van der Waals surface area contributed by atoms with Gasteiger partial charge in [0.05, 0.1) is 17.1 Å².